The van der Waals surface area contributed by atoms with Crippen molar-refractivity contribution in [3.05, 3.63) is 69.6 Å². The predicted octanol–water partition coefficient (Wildman–Crippen LogP) is 2.94. The zero-order chi connectivity index (χ0) is 29.7. The molecule has 0 fully saturated rings. The Morgan fingerprint density at radius 3 is 2.39 bits per heavy atom. The van der Waals surface area contributed by atoms with Crippen LogP contribution >= 0.6 is 11.3 Å². The zero-order valence-corrected chi connectivity index (χ0v) is 23.1. The lowest BCUT2D eigenvalue weighted by Gasteiger charge is -2.36. The normalized spacial score (nSPS) is 14.5. The fourth-order valence-corrected chi connectivity index (χ4v) is 5.86. The molecule has 0 spiro atoms. The highest BCUT2D eigenvalue weighted by Crippen LogP contribution is 2.39. The van der Waals surface area contributed by atoms with Gasteiger partial charge in [0.1, 0.15) is 22.2 Å². The molecule has 12 nitrogen and oxygen atoms in total. The molecule has 216 valence electrons. The number of rotatable bonds is 10. The maximum absolute atomic E-state index is 13.0. The Balaban J connectivity index is 1.61. The Kier molecular flexibility index (Phi) is 9.10. The number of phenolic OH excluding ortho intramolecular Hbond substituents is 1. The molecule has 0 saturated carbocycles. The van der Waals surface area contributed by atoms with Crippen molar-refractivity contribution in [3.8, 4) is 17.2 Å². The highest BCUT2D eigenvalue weighted by molar-refractivity contribution is 7.17. The third-order valence-electron chi connectivity index (χ3n) is 6.60. The van der Waals surface area contributed by atoms with Crippen molar-refractivity contribution in [3.63, 3.8) is 0 Å². The summed E-state index contributed by atoms with van der Waals surface area (Å²) in [6, 6.07) is 11.5. The van der Waals surface area contributed by atoms with Crippen LogP contribution in [0.5, 0.6) is 17.2 Å². The number of ether oxygens (including phenoxy) is 2. The van der Waals surface area contributed by atoms with Crippen LogP contribution in [0.1, 0.15) is 43.6 Å². The Labute approximate surface area is 239 Å². The summed E-state index contributed by atoms with van der Waals surface area (Å²) in [5.74, 6) is -3.99. The first-order valence-corrected chi connectivity index (χ1v) is 13.5. The molecule has 1 atom stereocenters. The molecule has 1 aliphatic heterocycles. The molecule has 3 aromatic rings. The van der Waals surface area contributed by atoms with Gasteiger partial charge in [0.25, 0.3) is 5.91 Å². The van der Waals surface area contributed by atoms with E-state index in [1.807, 2.05) is 24.3 Å². The molecular weight excluding hydrogens is 554 g/mol. The van der Waals surface area contributed by atoms with Gasteiger partial charge in [0.15, 0.2) is 0 Å². The Morgan fingerprint density at radius 1 is 1.07 bits per heavy atom. The van der Waals surface area contributed by atoms with E-state index in [4.69, 9.17) is 14.6 Å². The second-order valence-electron chi connectivity index (χ2n) is 9.21. The summed E-state index contributed by atoms with van der Waals surface area (Å²) in [5, 5.41) is 34.3. The summed E-state index contributed by atoms with van der Waals surface area (Å²) in [7, 11) is 1.57. The molecule has 2 amide bonds. The van der Waals surface area contributed by atoms with Gasteiger partial charge in [-0.05, 0) is 48.7 Å². The Hall–Kier alpha value is -4.62. The quantitative estimate of drug-likeness (QED) is 0.223. The molecule has 0 aliphatic carbocycles. The van der Waals surface area contributed by atoms with Gasteiger partial charge < -0.3 is 35.4 Å². The minimum atomic E-state index is -1.73. The van der Waals surface area contributed by atoms with E-state index in [1.165, 1.54) is 12.1 Å². The highest BCUT2D eigenvalue weighted by atomic mass is 32.1. The minimum Gasteiger partial charge on any atom is -0.507 e. The van der Waals surface area contributed by atoms with Crippen LogP contribution in [0.2, 0.25) is 0 Å². The number of fused-ring (bicyclic) bond motifs is 1. The third kappa shape index (κ3) is 6.76. The fourth-order valence-electron chi connectivity index (χ4n) is 4.62. The number of methoxy groups -OCH3 is 1. The molecule has 1 aromatic heterocycles. The van der Waals surface area contributed by atoms with Gasteiger partial charge in [-0.1, -0.05) is 12.1 Å². The van der Waals surface area contributed by atoms with E-state index in [-0.39, 0.29) is 40.9 Å². The monoisotopic (exact) mass is 583 g/mol. The summed E-state index contributed by atoms with van der Waals surface area (Å²) in [6.07, 6.45) is 0.210. The number of benzene rings is 2. The SMILES string of the molecule is CCOc1ccc(C(=O)NCC2Cc3c(sc(NC(=O)C(=O)O)c3C(=O)O)CN2Cc2ccc(OC)cc2)c(O)c1. The smallest absolute Gasteiger partial charge is 0.394 e. The Bertz CT molecular complexity index is 1470. The summed E-state index contributed by atoms with van der Waals surface area (Å²) >= 11 is 1.02. The van der Waals surface area contributed by atoms with Crippen LogP contribution in [0.4, 0.5) is 5.00 Å². The summed E-state index contributed by atoms with van der Waals surface area (Å²) in [5.41, 5.74) is 1.32. The number of aromatic carboxylic acids is 1. The number of carboxylic acids is 2. The number of aromatic hydroxyl groups is 1. The molecule has 13 heteroatoms. The molecule has 0 saturated heterocycles. The van der Waals surface area contributed by atoms with Crippen LogP contribution in [0.3, 0.4) is 0 Å². The van der Waals surface area contributed by atoms with E-state index in [0.29, 0.717) is 41.6 Å². The van der Waals surface area contributed by atoms with Crippen LogP contribution in [-0.4, -0.2) is 70.3 Å². The van der Waals surface area contributed by atoms with Crippen molar-refractivity contribution >= 4 is 40.1 Å². The van der Waals surface area contributed by atoms with Crippen molar-refractivity contribution in [1.29, 1.82) is 0 Å². The van der Waals surface area contributed by atoms with Crippen LogP contribution in [0.25, 0.3) is 0 Å². The summed E-state index contributed by atoms with van der Waals surface area (Å²) in [4.78, 5) is 50.8. The molecule has 1 unspecified atom stereocenters. The number of phenols is 1. The minimum absolute atomic E-state index is 0.0525. The lowest BCUT2D eigenvalue weighted by atomic mass is 9.95. The van der Waals surface area contributed by atoms with Gasteiger partial charge in [0, 0.05) is 36.6 Å². The fraction of sp³-hybridized carbons (Fsp3) is 0.286. The molecular formula is C28H29N3O9S. The van der Waals surface area contributed by atoms with E-state index >= 15 is 0 Å². The summed E-state index contributed by atoms with van der Waals surface area (Å²) in [6.45, 7) is 3.07. The Morgan fingerprint density at radius 2 is 1.78 bits per heavy atom. The van der Waals surface area contributed by atoms with Gasteiger partial charge in [-0.2, -0.15) is 0 Å². The molecule has 0 radical (unpaired) electrons. The lowest BCUT2D eigenvalue weighted by molar-refractivity contribution is -0.147. The number of nitrogens with zero attached hydrogens (tertiary/aromatic N) is 1. The largest absolute Gasteiger partial charge is 0.507 e. The highest BCUT2D eigenvalue weighted by Gasteiger charge is 2.34. The number of aliphatic carboxylic acids is 1. The van der Waals surface area contributed by atoms with Gasteiger partial charge in [-0.25, -0.2) is 9.59 Å². The summed E-state index contributed by atoms with van der Waals surface area (Å²) < 4.78 is 10.6. The van der Waals surface area contributed by atoms with E-state index in [9.17, 15) is 29.4 Å². The number of hydrogen-bond donors (Lipinski definition) is 5. The van der Waals surface area contributed by atoms with Crippen molar-refractivity contribution in [2.75, 3.05) is 25.6 Å². The second-order valence-corrected chi connectivity index (χ2v) is 10.3. The number of anilines is 1. The van der Waals surface area contributed by atoms with Crippen molar-refractivity contribution in [2.45, 2.75) is 32.5 Å². The number of hydrogen-bond acceptors (Lipinski definition) is 9. The molecule has 2 heterocycles. The van der Waals surface area contributed by atoms with E-state index in [0.717, 1.165) is 16.9 Å². The van der Waals surface area contributed by atoms with Crippen LogP contribution in [0, 0.1) is 0 Å². The van der Waals surface area contributed by atoms with Crippen LogP contribution in [0.15, 0.2) is 42.5 Å². The van der Waals surface area contributed by atoms with Crippen molar-refractivity contribution < 1.29 is 44.0 Å². The van der Waals surface area contributed by atoms with Gasteiger partial charge in [-0.3, -0.25) is 14.5 Å². The number of nitrogens with one attached hydrogen (secondary N) is 2. The number of carbonyl (C=O) groups is 4. The molecule has 5 N–H and O–H groups in total. The van der Waals surface area contributed by atoms with Crippen molar-refractivity contribution in [2.24, 2.45) is 0 Å². The van der Waals surface area contributed by atoms with Crippen LogP contribution in [-0.2, 0) is 29.1 Å². The van der Waals surface area contributed by atoms with E-state index in [2.05, 4.69) is 15.5 Å². The number of amides is 2. The number of carboxylic acid groups (broad SMARTS) is 2. The maximum Gasteiger partial charge on any atom is 0.394 e. The van der Waals surface area contributed by atoms with Gasteiger partial charge >= 0.3 is 17.8 Å². The molecule has 41 heavy (non-hydrogen) atoms. The first-order chi connectivity index (χ1) is 19.6. The molecule has 1 aliphatic rings. The predicted molar refractivity (Wildman–Crippen MR) is 149 cm³/mol. The van der Waals surface area contributed by atoms with Gasteiger partial charge in [0.2, 0.25) is 0 Å². The zero-order valence-electron chi connectivity index (χ0n) is 22.3. The average Bonchev–Trinajstić information content (AvgIpc) is 3.28. The first-order valence-electron chi connectivity index (χ1n) is 12.6. The average molecular weight is 584 g/mol. The van der Waals surface area contributed by atoms with E-state index < -0.39 is 23.8 Å². The molecule has 2 aromatic carbocycles. The third-order valence-corrected chi connectivity index (χ3v) is 7.73. The standard InChI is InChI=1S/C28H29N3O9S/c1-3-40-18-8-9-19(21(32)11-18)24(33)29-12-16-10-20-22(14-31(16)13-15-4-6-17(39-2)7-5-15)41-26(23(20)27(35)36)30-25(34)28(37)38/h4-9,11,16,32H,3,10,12-14H2,1-2H3,(H,29,33)(H,30,34)(H,35,36)(H,37,38). The van der Waals surface area contributed by atoms with Crippen molar-refractivity contribution in [1.82, 2.24) is 10.2 Å². The number of carbonyl (C=O) groups excluding carboxylic acids is 2. The van der Waals surface area contributed by atoms with Crippen LogP contribution < -0.4 is 20.1 Å². The second kappa shape index (κ2) is 12.7. The molecule has 0 bridgehead atoms. The van der Waals surface area contributed by atoms with Gasteiger partial charge in [0.05, 0.1) is 24.8 Å². The topological polar surface area (TPSA) is 175 Å². The molecule has 4 rings (SSSR count). The van der Waals surface area contributed by atoms with Gasteiger partial charge in [-0.15, -0.1) is 11.3 Å². The lowest BCUT2D eigenvalue weighted by Crippen LogP contribution is -2.47. The first kappa shape index (κ1) is 29.4. The number of thiophene rings is 1. The van der Waals surface area contributed by atoms with E-state index in [1.54, 1.807) is 20.1 Å². The maximum atomic E-state index is 13.0.